The number of aromatic nitrogens is 1. The summed E-state index contributed by atoms with van der Waals surface area (Å²) in [6, 6.07) is 10.3. The second-order valence-electron chi connectivity index (χ2n) is 6.02. The maximum absolute atomic E-state index is 12.9. The zero-order chi connectivity index (χ0) is 14.9. The first-order valence-corrected chi connectivity index (χ1v) is 7.86. The standard InChI is InChI=1S/C18H19N3O.ClH/c22-18(14-3-4-15-11-20-12-16(15)10-14)21-9-1-2-17(21)13-5-7-19-8-6-13;/h3-8,10,17,20H,1-2,9,11-12H2;1H. The van der Waals surface area contributed by atoms with E-state index >= 15 is 0 Å². The number of pyridine rings is 1. The molecule has 1 N–H and O–H groups in total. The van der Waals surface area contributed by atoms with Gasteiger partial charge in [-0.1, -0.05) is 6.07 Å². The SMILES string of the molecule is Cl.O=C(c1ccc2c(c1)CNC2)N1CCCC1c1ccncc1. The molecule has 2 aromatic rings. The number of halogens is 1. The minimum Gasteiger partial charge on any atom is -0.332 e. The molecule has 1 saturated heterocycles. The van der Waals surface area contributed by atoms with Crippen LogP contribution in [-0.4, -0.2) is 22.3 Å². The molecule has 1 unspecified atom stereocenters. The van der Waals surface area contributed by atoms with Crippen molar-refractivity contribution in [2.24, 2.45) is 0 Å². The molecule has 0 saturated carbocycles. The van der Waals surface area contributed by atoms with Crippen LogP contribution < -0.4 is 5.32 Å². The summed E-state index contributed by atoms with van der Waals surface area (Å²) in [7, 11) is 0. The Kier molecular flexibility index (Phi) is 4.64. The van der Waals surface area contributed by atoms with Crippen molar-refractivity contribution in [3.63, 3.8) is 0 Å². The lowest BCUT2D eigenvalue weighted by Gasteiger charge is -2.25. The number of rotatable bonds is 2. The first-order valence-electron chi connectivity index (χ1n) is 7.86. The van der Waals surface area contributed by atoms with Gasteiger partial charge in [0, 0.05) is 37.6 Å². The van der Waals surface area contributed by atoms with Crippen molar-refractivity contribution in [2.75, 3.05) is 6.54 Å². The Labute approximate surface area is 142 Å². The van der Waals surface area contributed by atoms with E-state index in [1.807, 2.05) is 23.1 Å². The van der Waals surface area contributed by atoms with Crippen molar-refractivity contribution in [1.82, 2.24) is 15.2 Å². The van der Waals surface area contributed by atoms with Crippen LogP contribution in [0, 0.1) is 0 Å². The third-order valence-corrected chi connectivity index (χ3v) is 4.69. The van der Waals surface area contributed by atoms with Crippen LogP contribution in [0.15, 0.2) is 42.7 Å². The van der Waals surface area contributed by atoms with Crippen molar-refractivity contribution < 1.29 is 4.79 Å². The second-order valence-corrected chi connectivity index (χ2v) is 6.02. The Balaban J connectivity index is 0.00000156. The summed E-state index contributed by atoms with van der Waals surface area (Å²) in [4.78, 5) is 19.0. The number of carbonyl (C=O) groups excluding carboxylic acids is 1. The average Bonchev–Trinajstić information content (AvgIpc) is 3.23. The predicted octanol–water partition coefficient (Wildman–Crippen LogP) is 3.08. The molecule has 1 fully saturated rings. The number of carbonyl (C=O) groups is 1. The highest BCUT2D eigenvalue weighted by molar-refractivity contribution is 5.95. The molecule has 23 heavy (non-hydrogen) atoms. The molecular formula is C18H20ClN3O. The van der Waals surface area contributed by atoms with E-state index in [0.717, 1.165) is 38.0 Å². The van der Waals surface area contributed by atoms with Crippen LogP contribution >= 0.6 is 12.4 Å². The number of hydrogen-bond donors (Lipinski definition) is 1. The number of nitrogens with zero attached hydrogens (tertiary/aromatic N) is 2. The zero-order valence-electron chi connectivity index (χ0n) is 12.9. The summed E-state index contributed by atoms with van der Waals surface area (Å²) >= 11 is 0. The number of amides is 1. The number of benzene rings is 1. The van der Waals surface area contributed by atoms with E-state index in [2.05, 4.69) is 22.4 Å². The van der Waals surface area contributed by atoms with Gasteiger partial charge in [-0.2, -0.15) is 0 Å². The molecular weight excluding hydrogens is 310 g/mol. The molecule has 1 atom stereocenters. The average molecular weight is 330 g/mol. The Hall–Kier alpha value is -1.91. The largest absolute Gasteiger partial charge is 0.332 e. The fourth-order valence-electron chi connectivity index (χ4n) is 3.54. The fourth-order valence-corrected chi connectivity index (χ4v) is 3.54. The fraction of sp³-hybridized carbons (Fsp3) is 0.333. The summed E-state index contributed by atoms with van der Waals surface area (Å²) in [5.74, 6) is 0.147. The van der Waals surface area contributed by atoms with Gasteiger partial charge in [-0.25, -0.2) is 0 Å². The topological polar surface area (TPSA) is 45.2 Å². The Morgan fingerprint density at radius 3 is 2.74 bits per heavy atom. The highest BCUT2D eigenvalue weighted by Gasteiger charge is 2.30. The minimum atomic E-state index is 0. The van der Waals surface area contributed by atoms with Crippen LogP contribution in [-0.2, 0) is 13.1 Å². The van der Waals surface area contributed by atoms with Gasteiger partial charge in [-0.05, 0) is 53.8 Å². The van der Waals surface area contributed by atoms with Crippen LogP contribution in [0.1, 0.15) is 45.9 Å². The lowest BCUT2D eigenvalue weighted by atomic mass is 10.0. The van der Waals surface area contributed by atoms with Crippen LogP contribution in [0.2, 0.25) is 0 Å². The Bertz CT molecular complexity index is 705. The molecule has 1 amide bonds. The van der Waals surface area contributed by atoms with Gasteiger partial charge >= 0.3 is 0 Å². The second kappa shape index (κ2) is 6.69. The lowest BCUT2D eigenvalue weighted by Crippen LogP contribution is -2.30. The van der Waals surface area contributed by atoms with Crippen molar-refractivity contribution in [3.8, 4) is 0 Å². The number of fused-ring (bicyclic) bond motifs is 1. The molecule has 0 bridgehead atoms. The van der Waals surface area contributed by atoms with Crippen LogP contribution in [0.5, 0.6) is 0 Å². The van der Waals surface area contributed by atoms with E-state index < -0.39 is 0 Å². The summed E-state index contributed by atoms with van der Waals surface area (Å²) in [5, 5.41) is 3.33. The van der Waals surface area contributed by atoms with Gasteiger partial charge in [0.15, 0.2) is 0 Å². The quantitative estimate of drug-likeness (QED) is 0.921. The summed E-state index contributed by atoms with van der Waals surface area (Å²) in [6.45, 7) is 2.61. The molecule has 3 heterocycles. The molecule has 0 aliphatic carbocycles. The van der Waals surface area contributed by atoms with E-state index in [-0.39, 0.29) is 24.4 Å². The maximum atomic E-state index is 12.9. The van der Waals surface area contributed by atoms with Crippen molar-refractivity contribution >= 4 is 18.3 Å². The first-order chi connectivity index (χ1) is 10.8. The Morgan fingerprint density at radius 2 is 1.91 bits per heavy atom. The highest BCUT2D eigenvalue weighted by atomic mass is 35.5. The number of hydrogen-bond acceptors (Lipinski definition) is 3. The van der Waals surface area contributed by atoms with E-state index in [9.17, 15) is 4.79 Å². The summed E-state index contributed by atoms with van der Waals surface area (Å²) < 4.78 is 0. The highest BCUT2D eigenvalue weighted by Crippen LogP contribution is 2.33. The van der Waals surface area contributed by atoms with Gasteiger partial charge in [0.05, 0.1) is 6.04 Å². The number of nitrogens with one attached hydrogen (secondary N) is 1. The van der Waals surface area contributed by atoms with Gasteiger partial charge in [0.25, 0.3) is 5.91 Å². The van der Waals surface area contributed by atoms with Gasteiger partial charge < -0.3 is 10.2 Å². The van der Waals surface area contributed by atoms with Gasteiger partial charge in [-0.15, -0.1) is 12.4 Å². The van der Waals surface area contributed by atoms with Crippen LogP contribution in [0.25, 0.3) is 0 Å². The smallest absolute Gasteiger partial charge is 0.254 e. The third-order valence-electron chi connectivity index (χ3n) is 4.69. The van der Waals surface area contributed by atoms with Gasteiger partial charge in [-0.3, -0.25) is 9.78 Å². The third kappa shape index (κ3) is 2.96. The van der Waals surface area contributed by atoms with Gasteiger partial charge in [0.1, 0.15) is 0 Å². The molecule has 0 spiro atoms. The summed E-state index contributed by atoms with van der Waals surface area (Å²) in [5.41, 5.74) is 4.56. The normalized spacial score (nSPS) is 19.3. The molecule has 0 radical (unpaired) electrons. The predicted molar refractivity (Wildman–Crippen MR) is 91.5 cm³/mol. The molecule has 2 aliphatic heterocycles. The molecule has 2 aliphatic rings. The van der Waals surface area contributed by atoms with Crippen LogP contribution in [0.3, 0.4) is 0 Å². The van der Waals surface area contributed by atoms with Crippen LogP contribution in [0.4, 0.5) is 0 Å². The van der Waals surface area contributed by atoms with E-state index in [1.165, 1.54) is 16.7 Å². The zero-order valence-corrected chi connectivity index (χ0v) is 13.7. The van der Waals surface area contributed by atoms with Crippen molar-refractivity contribution in [3.05, 3.63) is 65.0 Å². The molecule has 5 heteroatoms. The maximum Gasteiger partial charge on any atom is 0.254 e. The monoisotopic (exact) mass is 329 g/mol. The Morgan fingerprint density at radius 1 is 1.13 bits per heavy atom. The van der Waals surface area contributed by atoms with E-state index in [4.69, 9.17) is 0 Å². The van der Waals surface area contributed by atoms with Crippen molar-refractivity contribution in [1.29, 1.82) is 0 Å². The van der Waals surface area contributed by atoms with Gasteiger partial charge in [0.2, 0.25) is 0 Å². The van der Waals surface area contributed by atoms with Crippen molar-refractivity contribution in [2.45, 2.75) is 32.0 Å². The number of likely N-dealkylation sites (tertiary alicyclic amines) is 1. The minimum absolute atomic E-state index is 0. The summed E-state index contributed by atoms with van der Waals surface area (Å²) in [6.07, 6.45) is 5.70. The first kappa shape index (κ1) is 16.0. The molecule has 4 nitrogen and oxygen atoms in total. The molecule has 4 rings (SSSR count). The van der Waals surface area contributed by atoms with E-state index in [1.54, 1.807) is 12.4 Å². The molecule has 1 aromatic carbocycles. The van der Waals surface area contributed by atoms with E-state index in [0.29, 0.717) is 0 Å². The molecule has 120 valence electrons. The molecule has 1 aromatic heterocycles. The lowest BCUT2D eigenvalue weighted by molar-refractivity contribution is 0.0735.